The van der Waals surface area contributed by atoms with E-state index >= 15 is 0 Å². The number of carbonyl (C=O) groups is 2. The molecule has 2 fully saturated rings. The highest BCUT2D eigenvalue weighted by atomic mass is 19.4. The lowest BCUT2D eigenvalue weighted by Gasteiger charge is -2.52. The number of nitrogens with zero attached hydrogens (tertiary/aromatic N) is 2. The van der Waals surface area contributed by atoms with Crippen LogP contribution in [0.2, 0.25) is 0 Å². The van der Waals surface area contributed by atoms with Crippen molar-refractivity contribution in [3.05, 3.63) is 59.4 Å². The Morgan fingerprint density at radius 1 is 0.864 bits per heavy atom. The minimum absolute atomic E-state index is 0.0107. The maximum Gasteiger partial charge on any atom is 0.430 e. The lowest BCUT2D eigenvalue weighted by atomic mass is 9.62. The van der Waals surface area contributed by atoms with Gasteiger partial charge in [0.2, 0.25) is 0 Å². The van der Waals surface area contributed by atoms with Crippen LogP contribution >= 0.6 is 0 Å². The van der Waals surface area contributed by atoms with Crippen LogP contribution in [0, 0.1) is 11.2 Å². The molecule has 2 heterocycles. The molecule has 2 amide bonds. The van der Waals surface area contributed by atoms with E-state index in [9.17, 15) is 27.2 Å². The second-order valence-electron chi connectivity index (χ2n) is 12.4. The highest BCUT2D eigenvalue weighted by molar-refractivity contribution is 5.88. The molecule has 0 bridgehead atoms. The fourth-order valence-electron chi connectivity index (χ4n) is 6.50. The topological polar surface area (TPSA) is 77.5 Å². The summed E-state index contributed by atoms with van der Waals surface area (Å²) in [7, 11) is 3.55. The average Bonchev–Trinajstić information content (AvgIpc) is 2.97. The molecule has 242 valence electrons. The molecule has 44 heavy (non-hydrogen) atoms. The number of ether oxygens (including phenoxy) is 4. The van der Waals surface area contributed by atoms with Crippen molar-refractivity contribution >= 4 is 12.0 Å². The van der Waals surface area contributed by atoms with Gasteiger partial charge in [-0.2, -0.15) is 13.2 Å². The Morgan fingerprint density at radius 2 is 1.45 bits per heavy atom. The number of hydrogen-bond acceptors (Lipinski definition) is 6. The Hall–Kier alpha value is -3.54. The first-order chi connectivity index (χ1) is 20.6. The van der Waals surface area contributed by atoms with Crippen molar-refractivity contribution in [3.8, 4) is 11.5 Å². The van der Waals surface area contributed by atoms with Gasteiger partial charge in [-0.3, -0.25) is 4.79 Å². The van der Waals surface area contributed by atoms with Crippen LogP contribution in [0.1, 0.15) is 57.1 Å². The van der Waals surface area contributed by atoms with Crippen molar-refractivity contribution in [2.45, 2.75) is 63.3 Å². The van der Waals surface area contributed by atoms with Crippen molar-refractivity contribution in [1.82, 2.24) is 9.80 Å². The maximum absolute atomic E-state index is 14.7. The molecule has 2 aromatic rings. The van der Waals surface area contributed by atoms with E-state index in [0.717, 1.165) is 29.7 Å². The number of piperidine rings is 2. The lowest BCUT2D eigenvalue weighted by Crippen LogP contribution is -2.60. The molecule has 2 aliphatic heterocycles. The van der Waals surface area contributed by atoms with Gasteiger partial charge < -0.3 is 28.7 Å². The lowest BCUT2D eigenvalue weighted by molar-refractivity contribution is -0.271. The summed E-state index contributed by atoms with van der Waals surface area (Å²) in [5, 5.41) is 0. The molecule has 2 atom stereocenters. The fraction of sp³-hybridized carbons (Fsp3) is 0.562. The molecule has 0 aliphatic carbocycles. The number of methoxy groups -OCH3 is 3. The molecule has 2 unspecified atom stereocenters. The highest BCUT2D eigenvalue weighted by Crippen LogP contribution is 2.53. The van der Waals surface area contributed by atoms with Crippen LogP contribution in [-0.4, -0.2) is 81.1 Å². The molecule has 0 N–H and O–H groups in total. The van der Waals surface area contributed by atoms with Gasteiger partial charge in [-0.05, 0) is 69.2 Å². The van der Waals surface area contributed by atoms with Gasteiger partial charge >= 0.3 is 12.3 Å². The zero-order valence-electron chi connectivity index (χ0n) is 25.9. The molecule has 4 rings (SSSR count). The van der Waals surface area contributed by atoms with Gasteiger partial charge in [-0.25, -0.2) is 9.18 Å². The van der Waals surface area contributed by atoms with E-state index in [1.165, 1.54) is 7.11 Å². The Morgan fingerprint density at radius 3 is 1.98 bits per heavy atom. The number of hydrogen-bond donors (Lipinski definition) is 0. The normalized spacial score (nSPS) is 20.2. The predicted molar refractivity (Wildman–Crippen MR) is 154 cm³/mol. The number of para-hydroxylation sites is 1. The van der Waals surface area contributed by atoms with E-state index in [1.807, 2.05) is 24.3 Å². The van der Waals surface area contributed by atoms with E-state index in [2.05, 4.69) is 0 Å². The molecule has 1 spiro atoms. The third-order valence-electron chi connectivity index (χ3n) is 8.80. The van der Waals surface area contributed by atoms with Crippen LogP contribution in [-0.2, 0) is 19.9 Å². The zero-order valence-corrected chi connectivity index (χ0v) is 25.9. The van der Waals surface area contributed by atoms with Gasteiger partial charge in [0, 0.05) is 44.8 Å². The van der Waals surface area contributed by atoms with E-state index < -0.39 is 46.2 Å². The van der Waals surface area contributed by atoms with Crippen LogP contribution in [0.3, 0.4) is 0 Å². The van der Waals surface area contributed by atoms with Gasteiger partial charge in [-0.15, -0.1) is 0 Å². The van der Waals surface area contributed by atoms with Gasteiger partial charge in [0.25, 0.3) is 11.5 Å². The Balaban J connectivity index is 1.65. The highest BCUT2D eigenvalue weighted by Gasteiger charge is 2.64. The zero-order chi connectivity index (χ0) is 32.5. The summed E-state index contributed by atoms with van der Waals surface area (Å²) >= 11 is 0. The third kappa shape index (κ3) is 6.18. The van der Waals surface area contributed by atoms with E-state index in [1.54, 1.807) is 32.8 Å². The van der Waals surface area contributed by atoms with E-state index in [0.29, 0.717) is 44.2 Å². The number of benzene rings is 2. The van der Waals surface area contributed by atoms with Crippen LogP contribution in [0.25, 0.3) is 0 Å². The molecule has 2 saturated heterocycles. The van der Waals surface area contributed by atoms with Crippen molar-refractivity contribution in [2.75, 3.05) is 47.5 Å². The Bertz CT molecular complexity index is 1350. The van der Waals surface area contributed by atoms with Gasteiger partial charge in [0.05, 0.1) is 14.2 Å². The molecular formula is C32H40F4N2O6. The quantitative estimate of drug-likeness (QED) is 0.352. The van der Waals surface area contributed by atoms with Crippen LogP contribution in [0.15, 0.2) is 42.5 Å². The Kier molecular flexibility index (Phi) is 9.44. The number of amides is 2. The number of rotatable bonds is 6. The number of halogens is 4. The van der Waals surface area contributed by atoms with Gasteiger partial charge in [0.15, 0.2) is 11.6 Å². The number of likely N-dealkylation sites (tertiary alicyclic amines) is 2. The van der Waals surface area contributed by atoms with Crippen LogP contribution in [0.4, 0.5) is 22.4 Å². The molecule has 0 radical (unpaired) electrons. The molecular weight excluding hydrogens is 584 g/mol. The second kappa shape index (κ2) is 12.5. The summed E-state index contributed by atoms with van der Waals surface area (Å²) in [6.07, 6.45) is -4.33. The Labute approximate surface area is 255 Å². The van der Waals surface area contributed by atoms with Crippen LogP contribution < -0.4 is 9.47 Å². The molecule has 12 heteroatoms. The molecule has 8 nitrogen and oxygen atoms in total. The number of alkyl halides is 3. The first kappa shape index (κ1) is 33.4. The SMILES string of the molecule is COc1ccc(C(OC)(C(=O)N2CCC3(CCN(C(=O)OC(C)(C)C)CC3c3ccccc3OC)CC2)C(F)(F)F)cc1F. The summed E-state index contributed by atoms with van der Waals surface area (Å²) in [5.74, 6) is -2.21. The molecule has 0 aromatic heterocycles. The summed E-state index contributed by atoms with van der Waals surface area (Å²) in [6.45, 7) is 6.11. The van der Waals surface area contributed by atoms with Gasteiger partial charge in [-0.1, -0.05) is 24.3 Å². The smallest absolute Gasteiger partial charge is 0.430 e. The van der Waals surface area contributed by atoms with Crippen molar-refractivity contribution in [3.63, 3.8) is 0 Å². The first-order valence-electron chi connectivity index (χ1n) is 14.5. The summed E-state index contributed by atoms with van der Waals surface area (Å²) in [6, 6.07) is 10.1. The van der Waals surface area contributed by atoms with Crippen molar-refractivity contribution in [2.24, 2.45) is 5.41 Å². The minimum atomic E-state index is -5.19. The standard InChI is InChI=1S/C32H40F4N2O6/c1-29(2,3)44-28(40)38-18-15-30(23(20-38)22-9-7-8-10-25(22)41-4)13-16-37(17-14-30)27(39)31(43-6,32(34,35)36)21-11-12-26(42-5)24(33)19-21/h7-12,19,23H,13-18,20H2,1-6H3. The van der Waals surface area contributed by atoms with Crippen LogP contribution in [0.5, 0.6) is 11.5 Å². The van der Waals surface area contributed by atoms with E-state index in [-0.39, 0.29) is 24.8 Å². The summed E-state index contributed by atoms with van der Waals surface area (Å²) < 4.78 is 79.9. The van der Waals surface area contributed by atoms with Gasteiger partial charge in [0.1, 0.15) is 11.4 Å². The molecule has 2 aliphatic rings. The monoisotopic (exact) mass is 624 g/mol. The summed E-state index contributed by atoms with van der Waals surface area (Å²) in [4.78, 5) is 29.7. The first-order valence-corrected chi connectivity index (χ1v) is 14.5. The van der Waals surface area contributed by atoms with E-state index in [4.69, 9.17) is 18.9 Å². The summed E-state index contributed by atoms with van der Waals surface area (Å²) in [5.41, 5.74) is -4.33. The number of carbonyl (C=O) groups excluding carboxylic acids is 2. The average molecular weight is 625 g/mol. The third-order valence-corrected chi connectivity index (χ3v) is 8.80. The molecule has 0 saturated carbocycles. The largest absolute Gasteiger partial charge is 0.496 e. The minimum Gasteiger partial charge on any atom is -0.496 e. The predicted octanol–water partition coefficient (Wildman–Crippen LogP) is 6.28. The van der Waals surface area contributed by atoms with Crippen molar-refractivity contribution < 1.29 is 46.1 Å². The second-order valence-corrected chi connectivity index (χ2v) is 12.4. The molecule has 2 aromatic carbocycles. The maximum atomic E-state index is 14.7. The van der Waals surface area contributed by atoms with Crippen molar-refractivity contribution in [1.29, 1.82) is 0 Å². The fourth-order valence-corrected chi connectivity index (χ4v) is 6.50.